The molecule has 0 fully saturated rings. The maximum atomic E-state index is 10.7. The summed E-state index contributed by atoms with van der Waals surface area (Å²) in [7, 11) is 0. The van der Waals surface area contributed by atoms with E-state index in [-0.39, 0.29) is 10.8 Å². The fourth-order valence-corrected chi connectivity index (χ4v) is 2.40. The van der Waals surface area contributed by atoms with E-state index >= 15 is 0 Å². The van der Waals surface area contributed by atoms with E-state index in [0.717, 1.165) is 16.7 Å². The molecular formula is C19H26N4O. The number of aromatic hydroxyl groups is 1. The first-order valence-corrected chi connectivity index (χ1v) is 8.03. The molecule has 1 aromatic carbocycles. The van der Waals surface area contributed by atoms with Crippen molar-refractivity contribution in [2.24, 2.45) is 5.10 Å². The van der Waals surface area contributed by atoms with E-state index in [0.29, 0.717) is 11.7 Å². The van der Waals surface area contributed by atoms with E-state index in [9.17, 15) is 5.11 Å². The molecule has 0 radical (unpaired) electrons. The Labute approximate surface area is 143 Å². The molecule has 0 atom stereocenters. The molecule has 5 heteroatoms. The smallest absolute Gasteiger partial charge is 0.243 e. The minimum Gasteiger partial charge on any atom is -0.507 e. The van der Waals surface area contributed by atoms with Gasteiger partial charge in [0.2, 0.25) is 5.95 Å². The van der Waals surface area contributed by atoms with Gasteiger partial charge < -0.3 is 5.11 Å². The zero-order valence-corrected chi connectivity index (χ0v) is 15.3. The molecule has 1 heterocycles. The van der Waals surface area contributed by atoms with Gasteiger partial charge in [0.25, 0.3) is 0 Å². The Morgan fingerprint density at radius 3 is 1.92 bits per heavy atom. The number of anilines is 1. The number of hydrogen-bond donors (Lipinski definition) is 2. The van der Waals surface area contributed by atoms with Gasteiger partial charge in [0.05, 0.1) is 6.21 Å². The molecule has 0 aliphatic heterocycles. The number of benzene rings is 1. The predicted molar refractivity (Wildman–Crippen MR) is 98.8 cm³/mol. The average Bonchev–Trinajstić information content (AvgIpc) is 2.47. The van der Waals surface area contributed by atoms with Gasteiger partial charge in [-0.15, -0.1) is 0 Å². The van der Waals surface area contributed by atoms with E-state index < -0.39 is 0 Å². The summed E-state index contributed by atoms with van der Waals surface area (Å²) >= 11 is 0. The lowest BCUT2D eigenvalue weighted by molar-refractivity contribution is 0.423. The van der Waals surface area contributed by atoms with Gasteiger partial charge >= 0.3 is 0 Å². The van der Waals surface area contributed by atoms with Crippen LogP contribution in [-0.2, 0) is 10.8 Å². The summed E-state index contributed by atoms with van der Waals surface area (Å²) < 4.78 is 0. The first kappa shape index (κ1) is 17.9. The minimum absolute atomic E-state index is 0.163. The Kier molecular flexibility index (Phi) is 4.92. The monoisotopic (exact) mass is 326 g/mol. The standard InChI is InChI=1S/C19H26N4O/c1-18(2,3)14-10-13(11-15(16(14)24)19(4,5)6)12-22-23-17-20-8-7-9-21-17/h7-12,24H,1-6H3,(H,20,21,23)/b22-12-. The number of hydrazone groups is 1. The van der Waals surface area contributed by atoms with E-state index in [1.807, 2.05) is 12.1 Å². The highest BCUT2D eigenvalue weighted by molar-refractivity contribution is 5.82. The molecule has 0 saturated heterocycles. The summed E-state index contributed by atoms with van der Waals surface area (Å²) in [5, 5.41) is 14.9. The van der Waals surface area contributed by atoms with Crippen LogP contribution in [0.3, 0.4) is 0 Å². The second-order valence-corrected chi connectivity index (χ2v) is 7.91. The van der Waals surface area contributed by atoms with Crippen molar-refractivity contribution in [2.75, 3.05) is 5.43 Å². The van der Waals surface area contributed by atoms with E-state index in [4.69, 9.17) is 0 Å². The Balaban J connectivity index is 2.39. The fraction of sp³-hybridized carbons (Fsp3) is 0.421. The first-order chi connectivity index (χ1) is 11.1. The van der Waals surface area contributed by atoms with Crippen LogP contribution in [0.25, 0.3) is 0 Å². The number of rotatable bonds is 3. The van der Waals surface area contributed by atoms with Crippen LogP contribution in [0.1, 0.15) is 58.2 Å². The van der Waals surface area contributed by atoms with Crippen LogP contribution in [0.5, 0.6) is 5.75 Å². The summed E-state index contributed by atoms with van der Waals surface area (Å²) in [5.41, 5.74) is 5.22. The van der Waals surface area contributed by atoms with Crippen LogP contribution in [0.4, 0.5) is 5.95 Å². The van der Waals surface area contributed by atoms with Gasteiger partial charge in [-0.25, -0.2) is 15.4 Å². The summed E-state index contributed by atoms with van der Waals surface area (Å²) in [6.45, 7) is 12.5. The maximum Gasteiger partial charge on any atom is 0.243 e. The predicted octanol–water partition coefficient (Wildman–Crippen LogP) is 4.22. The molecule has 2 rings (SSSR count). The normalized spacial score (nSPS) is 12.6. The molecule has 0 saturated carbocycles. The van der Waals surface area contributed by atoms with Crippen molar-refractivity contribution >= 4 is 12.2 Å². The van der Waals surface area contributed by atoms with Crippen molar-refractivity contribution in [2.45, 2.75) is 52.4 Å². The van der Waals surface area contributed by atoms with Crippen molar-refractivity contribution in [1.82, 2.24) is 9.97 Å². The fourth-order valence-electron chi connectivity index (χ4n) is 2.40. The SMILES string of the molecule is CC(C)(C)c1cc(/C=N\Nc2ncccn2)cc(C(C)(C)C)c1O. The lowest BCUT2D eigenvalue weighted by Crippen LogP contribution is -2.18. The van der Waals surface area contributed by atoms with Crippen LogP contribution >= 0.6 is 0 Å². The van der Waals surface area contributed by atoms with Gasteiger partial charge in [0.1, 0.15) is 5.75 Å². The summed E-state index contributed by atoms with van der Waals surface area (Å²) in [6, 6.07) is 5.70. The highest BCUT2D eigenvalue weighted by Crippen LogP contribution is 2.39. The van der Waals surface area contributed by atoms with Crippen molar-refractivity contribution in [1.29, 1.82) is 0 Å². The van der Waals surface area contributed by atoms with Crippen LogP contribution in [0.2, 0.25) is 0 Å². The van der Waals surface area contributed by atoms with Gasteiger partial charge in [-0.05, 0) is 34.6 Å². The van der Waals surface area contributed by atoms with Crippen LogP contribution < -0.4 is 5.43 Å². The molecule has 1 aromatic heterocycles. The Morgan fingerprint density at radius 2 is 1.46 bits per heavy atom. The number of nitrogens with zero attached hydrogens (tertiary/aromatic N) is 3. The number of aromatic nitrogens is 2. The topological polar surface area (TPSA) is 70.4 Å². The molecule has 0 aliphatic carbocycles. The quantitative estimate of drug-likeness (QED) is 0.654. The van der Waals surface area contributed by atoms with Crippen LogP contribution in [0, 0.1) is 0 Å². The van der Waals surface area contributed by atoms with E-state index in [1.165, 1.54) is 0 Å². The molecule has 128 valence electrons. The largest absolute Gasteiger partial charge is 0.507 e. The number of phenols is 1. The number of phenolic OH excluding ortho intramolecular Hbond substituents is 1. The van der Waals surface area contributed by atoms with Crippen molar-refractivity contribution < 1.29 is 5.11 Å². The third-order valence-corrected chi connectivity index (χ3v) is 3.69. The Hall–Kier alpha value is -2.43. The summed E-state index contributed by atoms with van der Waals surface area (Å²) in [6.07, 6.45) is 5.03. The molecule has 24 heavy (non-hydrogen) atoms. The molecule has 0 unspecified atom stereocenters. The molecular weight excluding hydrogens is 300 g/mol. The van der Waals surface area contributed by atoms with Crippen molar-refractivity contribution in [3.63, 3.8) is 0 Å². The van der Waals surface area contributed by atoms with Gasteiger partial charge in [0, 0.05) is 23.5 Å². The van der Waals surface area contributed by atoms with Gasteiger partial charge in [-0.2, -0.15) is 5.10 Å². The van der Waals surface area contributed by atoms with Crippen LogP contribution in [-0.4, -0.2) is 21.3 Å². The molecule has 2 aromatic rings. The lowest BCUT2D eigenvalue weighted by Gasteiger charge is -2.27. The molecule has 0 aliphatic rings. The third-order valence-electron chi connectivity index (χ3n) is 3.69. The molecule has 0 spiro atoms. The second kappa shape index (κ2) is 6.59. The average molecular weight is 326 g/mol. The molecule has 0 amide bonds. The minimum atomic E-state index is -0.163. The van der Waals surface area contributed by atoms with Gasteiger partial charge in [0.15, 0.2) is 0 Å². The number of nitrogens with one attached hydrogen (secondary N) is 1. The van der Waals surface area contributed by atoms with Crippen molar-refractivity contribution in [3.05, 3.63) is 47.3 Å². The van der Waals surface area contributed by atoms with Crippen LogP contribution in [0.15, 0.2) is 35.7 Å². The molecule has 2 N–H and O–H groups in total. The lowest BCUT2D eigenvalue weighted by atomic mass is 9.78. The maximum absolute atomic E-state index is 10.7. The molecule has 0 bridgehead atoms. The number of hydrogen-bond acceptors (Lipinski definition) is 5. The third kappa shape index (κ3) is 4.31. The van der Waals surface area contributed by atoms with Crippen molar-refractivity contribution in [3.8, 4) is 5.75 Å². The Morgan fingerprint density at radius 1 is 0.958 bits per heavy atom. The van der Waals surface area contributed by atoms with E-state index in [1.54, 1.807) is 24.7 Å². The zero-order valence-electron chi connectivity index (χ0n) is 15.3. The first-order valence-electron chi connectivity index (χ1n) is 8.03. The van der Waals surface area contributed by atoms with Gasteiger partial charge in [-0.3, -0.25) is 0 Å². The van der Waals surface area contributed by atoms with Gasteiger partial charge in [-0.1, -0.05) is 41.5 Å². The summed E-state index contributed by atoms with van der Waals surface area (Å²) in [5.74, 6) is 0.811. The second-order valence-electron chi connectivity index (χ2n) is 7.91. The zero-order chi connectivity index (χ0) is 18.0. The van der Waals surface area contributed by atoms with E-state index in [2.05, 4.69) is 62.0 Å². The highest BCUT2D eigenvalue weighted by atomic mass is 16.3. The highest BCUT2D eigenvalue weighted by Gasteiger charge is 2.26. The Bertz CT molecular complexity index is 690. The molecule has 5 nitrogen and oxygen atoms in total. The summed E-state index contributed by atoms with van der Waals surface area (Å²) in [4.78, 5) is 8.12.